The fraction of sp³-hybridized carbons (Fsp3) is 0.812. The van der Waals surface area contributed by atoms with Crippen molar-refractivity contribution in [2.45, 2.75) is 373 Å². The number of carbonyl (C=O) groups excluding carboxylic acids is 3. The molecule has 0 aromatic rings. The maximum absolute atomic E-state index is 13.0. The highest BCUT2D eigenvalue weighted by Gasteiger charge is 2.22. The van der Waals surface area contributed by atoms with Crippen LogP contribution in [0, 0.1) is 0 Å². The smallest absolute Gasteiger partial charge is 0.306 e. The van der Waals surface area contributed by atoms with Gasteiger partial charge in [0.05, 0.1) is 40.3 Å². The van der Waals surface area contributed by atoms with E-state index in [2.05, 4.69) is 86.8 Å². The summed E-state index contributed by atoms with van der Waals surface area (Å²) < 4.78 is 22.9. The summed E-state index contributed by atoms with van der Waals surface area (Å²) >= 11 is 0. The first kappa shape index (κ1) is 85.7. The van der Waals surface area contributed by atoms with Crippen LogP contribution in [0.1, 0.15) is 361 Å². The third-order valence-electron chi connectivity index (χ3n) is 16.9. The molecule has 0 aromatic carbocycles. The molecule has 9 nitrogen and oxygen atoms in total. The predicted octanol–water partition coefficient (Wildman–Crippen LogP) is 22.7. The summed E-state index contributed by atoms with van der Waals surface area (Å²) in [5.74, 6) is -2.26. The molecule has 2 unspecified atom stereocenters. The van der Waals surface area contributed by atoms with Crippen molar-refractivity contribution < 1.29 is 42.9 Å². The van der Waals surface area contributed by atoms with Crippen LogP contribution in [-0.2, 0) is 33.3 Å². The Kier molecular flexibility index (Phi) is 68.0. The molecule has 0 N–H and O–H groups in total. The molecule has 9 heteroatoms. The monoisotopic (exact) mass is 1250 g/mol. The number of carbonyl (C=O) groups is 3. The number of allylic oxidation sites excluding steroid dienone is 12. The summed E-state index contributed by atoms with van der Waals surface area (Å²) in [6.07, 6.45) is 91.5. The van der Waals surface area contributed by atoms with Gasteiger partial charge in [-0.3, -0.25) is 9.59 Å². The molecule has 0 rings (SSSR count). The maximum Gasteiger partial charge on any atom is 0.306 e. The zero-order valence-corrected chi connectivity index (χ0v) is 59.3. The molecule has 0 saturated carbocycles. The van der Waals surface area contributed by atoms with Gasteiger partial charge in [0.2, 0.25) is 0 Å². The van der Waals surface area contributed by atoms with Crippen LogP contribution in [0.3, 0.4) is 0 Å². The summed E-state index contributed by atoms with van der Waals surface area (Å²) in [7, 11) is 5.94. The van der Waals surface area contributed by atoms with Crippen LogP contribution in [0.2, 0.25) is 0 Å². The Morgan fingerprint density at radius 3 is 0.966 bits per heavy atom. The fourth-order valence-corrected chi connectivity index (χ4v) is 11.2. The summed E-state index contributed by atoms with van der Waals surface area (Å²) in [6.45, 7) is 4.69. The van der Waals surface area contributed by atoms with Crippen molar-refractivity contribution in [3.8, 4) is 0 Å². The summed E-state index contributed by atoms with van der Waals surface area (Å²) in [4.78, 5) is 37.6. The second-order valence-electron chi connectivity index (χ2n) is 26.9. The molecule has 0 aliphatic carbocycles. The Labute approximate surface area is 551 Å². The number of nitrogens with zero attached hydrogens (tertiary/aromatic N) is 1. The van der Waals surface area contributed by atoms with E-state index < -0.39 is 24.3 Å². The van der Waals surface area contributed by atoms with Crippen LogP contribution in [0.4, 0.5) is 0 Å². The van der Waals surface area contributed by atoms with Crippen LogP contribution in [-0.4, -0.2) is 82.3 Å². The minimum absolute atomic E-state index is 0.149. The minimum atomic E-state index is -1.62. The van der Waals surface area contributed by atoms with Gasteiger partial charge >= 0.3 is 11.9 Å². The molecular formula is C80H145NO8. The van der Waals surface area contributed by atoms with Crippen molar-refractivity contribution in [3.05, 3.63) is 72.9 Å². The van der Waals surface area contributed by atoms with Gasteiger partial charge in [-0.1, -0.05) is 337 Å². The molecule has 2 atom stereocenters. The highest BCUT2D eigenvalue weighted by molar-refractivity contribution is 5.70. The average Bonchev–Trinajstić information content (AvgIpc) is 3.70. The van der Waals surface area contributed by atoms with E-state index in [1.165, 1.54) is 263 Å². The Morgan fingerprint density at radius 1 is 0.348 bits per heavy atom. The number of carboxylic acids is 1. The molecule has 0 aliphatic heterocycles. The second kappa shape index (κ2) is 70.6. The zero-order valence-electron chi connectivity index (χ0n) is 59.3. The van der Waals surface area contributed by atoms with E-state index in [0.717, 1.165) is 64.2 Å². The first-order valence-electron chi connectivity index (χ1n) is 38.1. The van der Waals surface area contributed by atoms with Gasteiger partial charge in [-0.15, -0.1) is 0 Å². The molecule has 0 amide bonds. The van der Waals surface area contributed by atoms with Crippen LogP contribution >= 0.6 is 0 Å². The van der Waals surface area contributed by atoms with Crippen LogP contribution in [0.15, 0.2) is 72.9 Å². The van der Waals surface area contributed by atoms with Crippen molar-refractivity contribution in [1.29, 1.82) is 0 Å². The molecule has 0 bridgehead atoms. The molecule has 0 radical (unpaired) electrons. The normalized spacial score (nSPS) is 13.0. The van der Waals surface area contributed by atoms with Crippen molar-refractivity contribution in [3.63, 3.8) is 0 Å². The molecule has 0 aromatic heterocycles. The Bertz CT molecular complexity index is 1690. The summed E-state index contributed by atoms with van der Waals surface area (Å²) in [5, 5.41) is 11.8. The molecule has 0 saturated heterocycles. The Hall–Kier alpha value is -3.27. The van der Waals surface area contributed by atoms with Gasteiger partial charge in [0.15, 0.2) is 12.4 Å². The standard InChI is InChI=1S/C80H145NO8/c1-6-8-10-12-14-16-18-20-22-24-26-28-30-32-34-35-36-37-38-39-40-41-42-43-45-47-49-51-53-55-57-59-61-63-65-67-69-71-78(83)89-76(75-88-80(79(84)85)86-73-72-81(3,4)5)74-87-77(82)70-68-66-64-62-60-58-56-54-52-50-48-46-44-33-31-29-27-25-23-21-19-17-15-13-11-9-7-2/h8,10,14,16,20,22,25-28,32,34,76,80H,6-7,9,11-13,15,17-19,21,23-24,29-31,33,35-75H2,1-5H3/b10-8-,16-14-,22-20-,27-25-,28-26-,34-32-. The molecule has 0 fully saturated rings. The predicted molar refractivity (Wildman–Crippen MR) is 380 cm³/mol. The Morgan fingerprint density at radius 2 is 0.640 bits per heavy atom. The lowest BCUT2D eigenvalue weighted by Gasteiger charge is -2.26. The van der Waals surface area contributed by atoms with Gasteiger partial charge < -0.3 is 33.3 Å². The first-order chi connectivity index (χ1) is 43.6. The zero-order chi connectivity index (χ0) is 64.7. The van der Waals surface area contributed by atoms with Crippen LogP contribution in [0.5, 0.6) is 0 Å². The third kappa shape index (κ3) is 72.0. The van der Waals surface area contributed by atoms with E-state index in [-0.39, 0.29) is 32.2 Å². The summed E-state index contributed by atoms with van der Waals surface area (Å²) in [6, 6.07) is 0. The topological polar surface area (TPSA) is 111 Å². The largest absolute Gasteiger partial charge is 0.545 e. The lowest BCUT2D eigenvalue weighted by atomic mass is 10.0. The number of hydrogen-bond acceptors (Lipinski definition) is 8. The SMILES string of the molecule is CC/C=C\C/C=C\C/C=C\C/C=C\C/C=C\CCCCCCCCCCCCCCCCCCCCCCCC(=O)OC(COC(=O)CCCCCCCCCCCCCCCCC/C=C\CCCCCCCCCC)COC(OCC[N+](C)(C)C)C(=O)[O-]. The van der Waals surface area contributed by atoms with Gasteiger partial charge in [-0.2, -0.15) is 0 Å². The molecule has 0 spiro atoms. The number of aliphatic carboxylic acids is 1. The number of carboxylic acid groups (broad SMARTS) is 1. The maximum atomic E-state index is 13.0. The van der Waals surface area contributed by atoms with Crippen molar-refractivity contribution in [2.75, 3.05) is 47.5 Å². The lowest BCUT2D eigenvalue weighted by Crippen LogP contribution is -2.44. The second-order valence-corrected chi connectivity index (χ2v) is 26.9. The number of likely N-dealkylation sites (N-methyl/N-ethyl adjacent to an activating group) is 1. The number of esters is 2. The number of hydrogen-bond donors (Lipinski definition) is 0. The average molecular weight is 1250 g/mol. The molecule has 0 aliphatic rings. The van der Waals surface area contributed by atoms with Crippen molar-refractivity contribution in [2.24, 2.45) is 0 Å². The van der Waals surface area contributed by atoms with Gasteiger partial charge in [0.1, 0.15) is 13.2 Å². The quantitative estimate of drug-likeness (QED) is 0.0195. The van der Waals surface area contributed by atoms with E-state index in [1.54, 1.807) is 0 Å². The molecular weight excluding hydrogens is 1100 g/mol. The van der Waals surface area contributed by atoms with E-state index in [9.17, 15) is 19.5 Å². The third-order valence-corrected chi connectivity index (χ3v) is 16.9. The van der Waals surface area contributed by atoms with E-state index in [1.807, 2.05) is 21.1 Å². The van der Waals surface area contributed by atoms with Gasteiger partial charge in [-0.25, -0.2) is 0 Å². The summed E-state index contributed by atoms with van der Waals surface area (Å²) in [5.41, 5.74) is 0. The molecule has 518 valence electrons. The van der Waals surface area contributed by atoms with E-state index in [4.69, 9.17) is 18.9 Å². The number of unbranched alkanes of at least 4 members (excludes halogenated alkanes) is 44. The number of rotatable bonds is 71. The number of ether oxygens (including phenoxy) is 4. The minimum Gasteiger partial charge on any atom is -0.545 e. The highest BCUT2D eigenvalue weighted by atomic mass is 16.7. The van der Waals surface area contributed by atoms with Crippen molar-refractivity contribution >= 4 is 17.9 Å². The fourth-order valence-electron chi connectivity index (χ4n) is 11.2. The van der Waals surface area contributed by atoms with E-state index in [0.29, 0.717) is 23.9 Å². The van der Waals surface area contributed by atoms with Gasteiger partial charge in [0.25, 0.3) is 0 Å². The van der Waals surface area contributed by atoms with Gasteiger partial charge in [0, 0.05) is 12.8 Å². The van der Waals surface area contributed by atoms with Gasteiger partial charge in [-0.05, 0) is 83.5 Å². The molecule has 89 heavy (non-hydrogen) atoms. The van der Waals surface area contributed by atoms with Crippen LogP contribution < -0.4 is 5.11 Å². The highest BCUT2D eigenvalue weighted by Crippen LogP contribution is 2.19. The van der Waals surface area contributed by atoms with E-state index >= 15 is 0 Å². The molecule has 0 heterocycles. The van der Waals surface area contributed by atoms with Crippen LogP contribution in [0.25, 0.3) is 0 Å². The first-order valence-corrected chi connectivity index (χ1v) is 38.1. The van der Waals surface area contributed by atoms with Crippen molar-refractivity contribution in [1.82, 2.24) is 0 Å². The number of quaternary nitrogens is 1. The lowest BCUT2D eigenvalue weighted by molar-refractivity contribution is -0.870. The Balaban J connectivity index is 4.01.